The highest BCUT2D eigenvalue weighted by atomic mass is 35.5. The van der Waals surface area contributed by atoms with Gasteiger partial charge in [0, 0.05) is 10.6 Å². The number of ether oxygens (including phenoxy) is 2. The van der Waals surface area contributed by atoms with E-state index in [1.807, 2.05) is 13.0 Å². The molecule has 5 nitrogen and oxygen atoms in total. The highest BCUT2D eigenvalue weighted by molar-refractivity contribution is 6.30. The van der Waals surface area contributed by atoms with Crippen LogP contribution in [0.15, 0.2) is 51.7 Å². The highest BCUT2D eigenvalue weighted by Crippen LogP contribution is 2.31. The van der Waals surface area contributed by atoms with Crippen LogP contribution in [-0.4, -0.2) is 19.2 Å². The van der Waals surface area contributed by atoms with Gasteiger partial charge >= 0.3 is 5.97 Å². The summed E-state index contributed by atoms with van der Waals surface area (Å²) >= 11 is 5.94. The van der Waals surface area contributed by atoms with Crippen LogP contribution in [0.3, 0.4) is 0 Å². The first-order valence-corrected chi connectivity index (χ1v) is 8.49. The molecule has 0 aliphatic heterocycles. The molecule has 0 saturated carbocycles. The van der Waals surface area contributed by atoms with Gasteiger partial charge in [0.15, 0.2) is 12.4 Å². The van der Waals surface area contributed by atoms with Gasteiger partial charge in [0.2, 0.25) is 11.2 Å². The van der Waals surface area contributed by atoms with Crippen LogP contribution in [0.4, 0.5) is 0 Å². The summed E-state index contributed by atoms with van der Waals surface area (Å²) in [5, 5.41) is 0.947. The zero-order chi connectivity index (χ0) is 18.7. The largest absolute Gasteiger partial charge is 0.474 e. The molecule has 0 aliphatic carbocycles. The van der Waals surface area contributed by atoms with Crippen LogP contribution in [-0.2, 0) is 9.53 Å². The number of carbonyl (C=O) groups is 1. The van der Waals surface area contributed by atoms with Crippen molar-refractivity contribution in [1.29, 1.82) is 0 Å². The van der Waals surface area contributed by atoms with Crippen molar-refractivity contribution in [2.45, 2.75) is 13.8 Å². The van der Waals surface area contributed by atoms with Crippen LogP contribution < -0.4 is 10.2 Å². The van der Waals surface area contributed by atoms with Gasteiger partial charge in [0.05, 0.1) is 12.0 Å². The standard InChI is InChI=1S/C20H17ClO5/c1-3-24-17(22)11-25-20-18(23)15-10-12(2)4-9-16(15)26-19(20)13-5-7-14(21)8-6-13/h4-10H,3,11H2,1-2H3. The molecule has 0 spiro atoms. The van der Waals surface area contributed by atoms with Gasteiger partial charge in [-0.1, -0.05) is 23.2 Å². The second kappa shape index (κ2) is 7.62. The van der Waals surface area contributed by atoms with E-state index in [-0.39, 0.29) is 30.2 Å². The van der Waals surface area contributed by atoms with Crippen molar-refractivity contribution in [2.24, 2.45) is 0 Å². The lowest BCUT2D eigenvalue weighted by atomic mass is 10.1. The number of carbonyl (C=O) groups excluding carboxylic acids is 1. The Labute approximate surface area is 155 Å². The summed E-state index contributed by atoms with van der Waals surface area (Å²) < 4.78 is 16.3. The fraction of sp³-hybridized carbons (Fsp3) is 0.200. The van der Waals surface area contributed by atoms with E-state index >= 15 is 0 Å². The fourth-order valence-electron chi connectivity index (χ4n) is 2.55. The third-order valence-electron chi connectivity index (χ3n) is 3.75. The summed E-state index contributed by atoms with van der Waals surface area (Å²) in [5.74, 6) is -0.343. The molecule has 0 unspecified atom stereocenters. The van der Waals surface area contributed by atoms with Crippen LogP contribution in [0.25, 0.3) is 22.3 Å². The molecule has 26 heavy (non-hydrogen) atoms. The van der Waals surface area contributed by atoms with Gasteiger partial charge in [0.25, 0.3) is 0 Å². The average Bonchev–Trinajstić information content (AvgIpc) is 2.62. The van der Waals surface area contributed by atoms with E-state index in [9.17, 15) is 9.59 Å². The van der Waals surface area contributed by atoms with E-state index in [0.29, 0.717) is 21.6 Å². The maximum absolute atomic E-state index is 12.9. The minimum Gasteiger partial charge on any atom is -0.474 e. The summed E-state index contributed by atoms with van der Waals surface area (Å²) in [6, 6.07) is 12.1. The molecular weight excluding hydrogens is 356 g/mol. The number of benzene rings is 2. The SMILES string of the molecule is CCOC(=O)COc1c(-c2ccc(Cl)cc2)oc2ccc(C)cc2c1=O. The quantitative estimate of drug-likeness (QED) is 0.622. The van der Waals surface area contributed by atoms with Crippen molar-refractivity contribution in [3.05, 3.63) is 63.3 Å². The summed E-state index contributed by atoms with van der Waals surface area (Å²) in [7, 11) is 0. The Kier molecular flexibility index (Phi) is 5.28. The number of aryl methyl sites for hydroxylation is 1. The summed E-state index contributed by atoms with van der Waals surface area (Å²) in [4.78, 5) is 24.6. The smallest absolute Gasteiger partial charge is 0.344 e. The maximum atomic E-state index is 12.9. The lowest BCUT2D eigenvalue weighted by Gasteiger charge is -2.11. The predicted octanol–water partition coefficient (Wildman–Crippen LogP) is 4.36. The third-order valence-corrected chi connectivity index (χ3v) is 4.00. The topological polar surface area (TPSA) is 65.7 Å². The molecule has 3 rings (SSSR count). The molecule has 0 saturated heterocycles. The summed E-state index contributed by atoms with van der Waals surface area (Å²) in [6.07, 6.45) is 0. The van der Waals surface area contributed by atoms with Crippen LogP contribution >= 0.6 is 11.6 Å². The monoisotopic (exact) mass is 372 g/mol. The molecule has 0 fully saturated rings. The molecule has 6 heteroatoms. The molecule has 0 radical (unpaired) electrons. The van der Waals surface area contributed by atoms with Crippen molar-refractivity contribution in [3.63, 3.8) is 0 Å². The van der Waals surface area contributed by atoms with Gasteiger partial charge in [-0.05, 0) is 50.2 Å². The van der Waals surface area contributed by atoms with E-state index in [0.717, 1.165) is 5.56 Å². The Morgan fingerprint density at radius 1 is 1.15 bits per heavy atom. The van der Waals surface area contributed by atoms with E-state index in [1.54, 1.807) is 43.3 Å². The molecule has 134 valence electrons. The second-order valence-electron chi connectivity index (χ2n) is 5.69. The lowest BCUT2D eigenvalue weighted by Crippen LogP contribution is -2.18. The first-order valence-electron chi connectivity index (χ1n) is 8.11. The first-order chi connectivity index (χ1) is 12.5. The van der Waals surface area contributed by atoms with E-state index < -0.39 is 5.97 Å². The van der Waals surface area contributed by atoms with Crippen LogP contribution in [0, 0.1) is 6.92 Å². The van der Waals surface area contributed by atoms with Gasteiger partial charge in [-0.3, -0.25) is 4.79 Å². The molecular formula is C20H17ClO5. The average molecular weight is 373 g/mol. The van der Waals surface area contributed by atoms with E-state index in [2.05, 4.69) is 0 Å². The van der Waals surface area contributed by atoms with Gasteiger partial charge in [-0.15, -0.1) is 0 Å². The van der Waals surface area contributed by atoms with E-state index in [1.165, 1.54) is 0 Å². The minimum atomic E-state index is -0.557. The van der Waals surface area contributed by atoms with E-state index in [4.69, 9.17) is 25.5 Å². The van der Waals surface area contributed by atoms with Gasteiger partial charge in [-0.25, -0.2) is 4.79 Å². The molecule has 0 N–H and O–H groups in total. The molecule has 1 heterocycles. The van der Waals surface area contributed by atoms with Crippen molar-refractivity contribution in [3.8, 4) is 17.1 Å². The van der Waals surface area contributed by atoms with Gasteiger partial charge in [-0.2, -0.15) is 0 Å². The zero-order valence-corrected chi connectivity index (χ0v) is 15.1. The Bertz CT molecular complexity index is 1010. The number of esters is 1. The van der Waals surface area contributed by atoms with Crippen molar-refractivity contribution in [2.75, 3.05) is 13.2 Å². The van der Waals surface area contributed by atoms with Crippen molar-refractivity contribution in [1.82, 2.24) is 0 Å². The number of fused-ring (bicyclic) bond motifs is 1. The third kappa shape index (κ3) is 3.73. The van der Waals surface area contributed by atoms with Crippen LogP contribution in [0.5, 0.6) is 5.75 Å². The molecule has 0 bridgehead atoms. The fourth-order valence-corrected chi connectivity index (χ4v) is 2.67. The first kappa shape index (κ1) is 18.0. The number of rotatable bonds is 5. The Hall–Kier alpha value is -2.79. The number of hydrogen-bond acceptors (Lipinski definition) is 5. The number of halogens is 1. The Balaban J connectivity index is 2.15. The maximum Gasteiger partial charge on any atom is 0.344 e. The molecule has 1 aromatic heterocycles. The Morgan fingerprint density at radius 2 is 1.88 bits per heavy atom. The van der Waals surface area contributed by atoms with Crippen LogP contribution in [0.2, 0.25) is 5.02 Å². The van der Waals surface area contributed by atoms with Gasteiger partial charge in [0.1, 0.15) is 5.58 Å². The predicted molar refractivity (Wildman–Crippen MR) is 99.8 cm³/mol. The number of hydrogen-bond donors (Lipinski definition) is 0. The second-order valence-corrected chi connectivity index (χ2v) is 6.13. The zero-order valence-electron chi connectivity index (χ0n) is 14.4. The molecule has 0 amide bonds. The normalized spacial score (nSPS) is 10.7. The molecule has 0 atom stereocenters. The van der Waals surface area contributed by atoms with Crippen LogP contribution in [0.1, 0.15) is 12.5 Å². The lowest BCUT2D eigenvalue weighted by molar-refractivity contribution is -0.145. The molecule has 2 aromatic carbocycles. The molecule has 3 aromatic rings. The highest BCUT2D eigenvalue weighted by Gasteiger charge is 2.19. The summed E-state index contributed by atoms with van der Waals surface area (Å²) in [6.45, 7) is 3.43. The minimum absolute atomic E-state index is 0.0292. The summed E-state index contributed by atoms with van der Waals surface area (Å²) in [5.41, 5.74) is 1.63. The van der Waals surface area contributed by atoms with Crippen molar-refractivity contribution < 1.29 is 18.7 Å². The molecule has 0 aliphatic rings. The van der Waals surface area contributed by atoms with Crippen molar-refractivity contribution >= 4 is 28.5 Å². The van der Waals surface area contributed by atoms with Gasteiger partial charge < -0.3 is 13.9 Å². The Morgan fingerprint density at radius 3 is 2.58 bits per heavy atom.